The van der Waals surface area contributed by atoms with Gasteiger partial charge in [-0.25, -0.2) is 13.2 Å². The summed E-state index contributed by atoms with van der Waals surface area (Å²) in [4.78, 5) is 15.2. The first kappa shape index (κ1) is 19.2. The average molecular weight is 407 g/mol. The standard InChI is InChI=1S/C23H22N2O3S/c1-16-12-17(2)14-20(13-16)25-23(26)24(15-19-9-5-4-8-18(19)3)21-10-6-7-11-22(21)29(25,27)28/h4-14H,15H2,1-3H3. The van der Waals surface area contributed by atoms with Gasteiger partial charge in [0.2, 0.25) is 0 Å². The lowest BCUT2D eigenvalue weighted by atomic mass is 10.1. The molecule has 1 aliphatic heterocycles. The highest BCUT2D eigenvalue weighted by Crippen LogP contribution is 2.38. The molecule has 4 rings (SSSR count). The Hall–Kier alpha value is -3.12. The molecule has 0 fully saturated rings. The quantitative estimate of drug-likeness (QED) is 0.619. The van der Waals surface area contributed by atoms with E-state index in [0.717, 1.165) is 26.6 Å². The van der Waals surface area contributed by atoms with E-state index in [0.29, 0.717) is 17.9 Å². The van der Waals surface area contributed by atoms with Gasteiger partial charge in [-0.1, -0.05) is 42.5 Å². The summed E-state index contributed by atoms with van der Waals surface area (Å²) in [6.07, 6.45) is 0. The van der Waals surface area contributed by atoms with Crippen LogP contribution in [0.4, 0.5) is 16.2 Å². The van der Waals surface area contributed by atoms with Crippen LogP contribution in [-0.4, -0.2) is 14.4 Å². The summed E-state index contributed by atoms with van der Waals surface area (Å²) in [5, 5.41) is 0. The van der Waals surface area contributed by atoms with Gasteiger partial charge >= 0.3 is 6.03 Å². The van der Waals surface area contributed by atoms with E-state index >= 15 is 0 Å². The van der Waals surface area contributed by atoms with Crippen molar-refractivity contribution in [2.75, 3.05) is 9.21 Å². The van der Waals surface area contributed by atoms with Crippen LogP contribution in [-0.2, 0) is 16.6 Å². The van der Waals surface area contributed by atoms with Gasteiger partial charge in [-0.05, 0) is 67.3 Å². The zero-order chi connectivity index (χ0) is 20.8. The second-order valence-electron chi connectivity index (χ2n) is 7.38. The second-order valence-corrected chi connectivity index (χ2v) is 9.13. The monoisotopic (exact) mass is 406 g/mol. The van der Waals surface area contributed by atoms with Crippen LogP contribution in [0, 0.1) is 20.8 Å². The number of amides is 2. The largest absolute Gasteiger partial charge is 0.343 e. The van der Waals surface area contributed by atoms with Crippen molar-refractivity contribution in [3.63, 3.8) is 0 Å². The molecule has 5 nitrogen and oxygen atoms in total. The van der Waals surface area contributed by atoms with Crippen molar-refractivity contribution in [3.8, 4) is 0 Å². The molecular weight excluding hydrogens is 384 g/mol. The Bertz CT molecular complexity index is 1200. The maximum absolute atomic E-state index is 13.5. The maximum atomic E-state index is 13.5. The predicted octanol–water partition coefficient (Wildman–Crippen LogP) is 4.95. The van der Waals surface area contributed by atoms with Crippen LogP contribution < -0.4 is 9.21 Å². The molecule has 0 spiro atoms. The summed E-state index contributed by atoms with van der Waals surface area (Å²) in [5.74, 6) is 0. The van der Waals surface area contributed by atoms with E-state index in [4.69, 9.17) is 0 Å². The molecule has 3 aromatic carbocycles. The molecule has 148 valence electrons. The number of benzene rings is 3. The molecular formula is C23H22N2O3S. The van der Waals surface area contributed by atoms with Gasteiger partial charge < -0.3 is 0 Å². The lowest BCUT2D eigenvalue weighted by Gasteiger charge is -2.36. The van der Waals surface area contributed by atoms with E-state index in [1.165, 1.54) is 4.90 Å². The number of rotatable bonds is 3. The third-order valence-corrected chi connectivity index (χ3v) is 6.86. The molecule has 1 aliphatic rings. The fraction of sp³-hybridized carbons (Fsp3) is 0.174. The molecule has 0 aliphatic carbocycles. The zero-order valence-electron chi connectivity index (χ0n) is 16.6. The van der Waals surface area contributed by atoms with Crippen LogP contribution in [0.15, 0.2) is 71.6 Å². The minimum atomic E-state index is -4.01. The minimum Gasteiger partial charge on any atom is -0.287 e. The number of aryl methyl sites for hydroxylation is 3. The van der Waals surface area contributed by atoms with Crippen LogP contribution in [0.3, 0.4) is 0 Å². The van der Waals surface area contributed by atoms with E-state index in [2.05, 4.69) is 0 Å². The molecule has 1 heterocycles. The SMILES string of the molecule is Cc1cc(C)cc(N2C(=O)N(Cc3ccccc3C)c3ccccc3S2(=O)=O)c1. The molecule has 29 heavy (non-hydrogen) atoms. The number of urea groups is 1. The van der Waals surface area contributed by atoms with Crippen LogP contribution in [0.5, 0.6) is 0 Å². The molecule has 3 aromatic rings. The first-order chi connectivity index (χ1) is 13.8. The van der Waals surface area contributed by atoms with Crippen molar-refractivity contribution in [2.45, 2.75) is 32.2 Å². The highest BCUT2D eigenvalue weighted by molar-refractivity contribution is 7.94. The number of hydrogen-bond acceptors (Lipinski definition) is 3. The van der Waals surface area contributed by atoms with Gasteiger partial charge in [0, 0.05) is 0 Å². The number of carbonyl (C=O) groups is 1. The molecule has 0 saturated carbocycles. The third-order valence-electron chi connectivity index (χ3n) is 5.11. The number of nitrogens with zero attached hydrogens (tertiary/aromatic N) is 2. The molecule has 0 atom stereocenters. The van der Waals surface area contributed by atoms with Crippen molar-refractivity contribution in [2.24, 2.45) is 0 Å². The number of para-hydroxylation sites is 1. The molecule has 0 N–H and O–H groups in total. The Morgan fingerprint density at radius 3 is 2.14 bits per heavy atom. The van der Waals surface area contributed by atoms with Crippen molar-refractivity contribution in [3.05, 3.63) is 89.0 Å². The summed E-state index contributed by atoms with van der Waals surface area (Å²) < 4.78 is 27.7. The topological polar surface area (TPSA) is 57.7 Å². The minimum absolute atomic E-state index is 0.132. The van der Waals surface area contributed by atoms with Crippen LogP contribution in [0.2, 0.25) is 0 Å². The summed E-state index contributed by atoms with van der Waals surface area (Å²) in [6.45, 7) is 6.04. The fourth-order valence-corrected chi connectivity index (χ4v) is 5.32. The van der Waals surface area contributed by atoms with Gasteiger partial charge in [0.1, 0.15) is 4.90 Å². The Kier molecular flexibility index (Phi) is 4.67. The molecule has 0 unspecified atom stereocenters. The van der Waals surface area contributed by atoms with Gasteiger partial charge in [0.25, 0.3) is 10.0 Å². The van der Waals surface area contributed by atoms with Gasteiger partial charge in [0.05, 0.1) is 17.9 Å². The maximum Gasteiger partial charge on any atom is 0.343 e. The van der Waals surface area contributed by atoms with Gasteiger partial charge in [0.15, 0.2) is 0 Å². The third kappa shape index (κ3) is 3.29. The Morgan fingerprint density at radius 1 is 0.828 bits per heavy atom. The van der Waals surface area contributed by atoms with E-state index < -0.39 is 16.1 Å². The van der Waals surface area contributed by atoms with Gasteiger partial charge in [-0.3, -0.25) is 4.90 Å². The highest BCUT2D eigenvalue weighted by Gasteiger charge is 2.42. The average Bonchev–Trinajstić information content (AvgIpc) is 2.66. The number of sulfonamides is 1. The van der Waals surface area contributed by atoms with E-state index in [1.54, 1.807) is 36.4 Å². The second kappa shape index (κ2) is 7.04. The fourth-order valence-electron chi connectivity index (χ4n) is 3.74. The molecule has 0 radical (unpaired) electrons. The zero-order valence-corrected chi connectivity index (χ0v) is 17.4. The van der Waals surface area contributed by atoms with Crippen molar-refractivity contribution in [1.82, 2.24) is 0 Å². The van der Waals surface area contributed by atoms with Crippen LogP contribution in [0.25, 0.3) is 0 Å². The van der Waals surface area contributed by atoms with E-state index in [1.807, 2.05) is 51.1 Å². The normalized spacial score (nSPS) is 15.3. The first-order valence-electron chi connectivity index (χ1n) is 9.38. The Balaban J connectivity index is 1.90. The van der Waals surface area contributed by atoms with Crippen LogP contribution >= 0.6 is 0 Å². The number of hydrogen-bond donors (Lipinski definition) is 0. The molecule has 2 amide bonds. The van der Waals surface area contributed by atoms with E-state index in [9.17, 15) is 13.2 Å². The summed E-state index contributed by atoms with van der Waals surface area (Å²) >= 11 is 0. The summed E-state index contributed by atoms with van der Waals surface area (Å²) in [5.41, 5.74) is 4.57. The lowest BCUT2D eigenvalue weighted by molar-refractivity contribution is 0.253. The van der Waals surface area contributed by atoms with Crippen molar-refractivity contribution in [1.29, 1.82) is 0 Å². The number of carbonyl (C=O) groups excluding carboxylic acids is 1. The molecule has 0 saturated heterocycles. The molecule has 0 aromatic heterocycles. The van der Waals surface area contributed by atoms with E-state index in [-0.39, 0.29) is 4.90 Å². The first-order valence-corrected chi connectivity index (χ1v) is 10.8. The molecule has 6 heteroatoms. The summed E-state index contributed by atoms with van der Waals surface area (Å²) in [6, 6.07) is 19.3. The van der Waals surface area contributed by atoms with Crippen molar-refractivity contribution >= 4 is 27.4 Å². The Labute approximate surface area is 171 Å². The van der Waals surface area contributed by atoms with Crippen molar-refractivity contribution < 1.29 is 13.2 Å². The molecule has 0 bridgehead atoms. The van der Waals surface area contributed by atoms with Gasteiger partial charge in [-0.15, -0.1) is 0 Å². The predicted molar refractivity (Wildman–Crippen MR) is 115 cm³/mol. The number of fused-ring (bicyclic) bond motifs is 1. The Morgan fingerprint density at radius 2 is 1.45 bits per heavy atom. The highest BCUT2D eigenvalue weighted by atomic mass is 32.2. The summed E-state index contributed by atoms with van der Waals surface area (Å²) in [7, 11) is -4.01. The smallest absolute Gasteiger partial charge is 0.287 e. The van der Waals surface area contributed by atoms with Gasteiger partial charge in [-0.2, -0.15) is 4.31 Å². The van der Waals surface area contributed by atoms with Crippen LogP contribution in [0.1, 0.15) is 22.3 Å². The number of anilines is 2. The lowest BCUT2D eigenvalue weighted by Crippen LogP contribution is -2.50.